The standard InChI is InChI=1S/C26H28ClN3O3S/c27-19-6-3-5-17(13-19)16-34-26-29-23-14-18(24(31)28-20-7-1-2-8-20)10-11-22(23)25(32)30(26)15-21-9-4-12-33-21/h3,5-6,10-11,13-14,20-21H,1-2,4,7-9,12,15-16H2,(H,28,31). The van der Waals surface area contributed by atoms with Crippen LogP contribution >= 0.6 is 23.4 Å². The van der Waals surface area contributed by atoms with Crippen LogP contribution in [0.3, 0.4) is 0 Å². The van der Waals surface area contributed by atoms with Crippen molar-refractivity contribution in [2.75, 3.05) is 6.61 Å². The van der Waals surface area contributed by atoms with E-state index in [2.05, 4.69) is 5.32 Å². The molecule has 1 N–H and O–H groups in total. The minimum atomic E-state index is -0.104. The maximum atomic E-state index is 13.5. The number of hydrogen-bond acceptors (Lipinski definition) is 5. The number of benzene rings is 2. The molecule has 2 aliphatic rings. The van der Waals surface area contributed by atoms with Crippen LogP contribution in [0.1, 0.15) is 54.4 Å². The predicted molar refractivity (Wildman–Crippen MR) is 136 cm³/mol. The van der Waals surface area contributed by atoms with Crippen LogP contribution in [0, 0.1) is 0 Å². The molecule has 5 rings (SSSR count). The molecule has 1 unspecified atom stereocenters. The van der Waals surface area contributed by atoms with E-state index in [1.54, 1.807) is 22.8 Å². The van der Waals surface area contributed by atoms with E-state index in [0.29, 0.717) is 38.9 Å². The fourth-order valence-corrected chi connectivity index (χ4v) is 5.88. The van der Waals surface area contributed by atoms with Gasteiger partial charge in [0.15, 0.2) is 5.16 Å². The number of nitrogens with zero attached hydrogens (tertiary/aromatic N) is 2. The fraction of sp³-hybridized carbons (Fsp3) is 0.423. The molecule has 1 atom stereocenters. The van der Waals surface area contributed by atoms with Crippen molar-refractivity contribution >= 4 is 40.2 Å². The van der Waals surface area contributed by atoms with E-state index in [1.165, 1.54) is 11.8 Å². The summed E-state index contributed by atoms with van der Waals surface area (Å²) >= 11 is 7.65. The van der Waals surface area contributed by atoms with Gasteiger partial charge in [0.05, 0.1) is 23.6 Å². The molecule has 6 nitrogen and oxygen atoms in total. The summed E-state index contributed by atoms with van der Waals surface area (Å²) in [7, 11) is 0. The van der Waals surface area contributed by atoms with Gasteiger partial charge in [-0.3, -0.25) is 14.2 Å². The van der Waals surface area contributed by atoms with Crippen LogP contribution in [-0.2, 0) is 17.0 Å². The second kappa shape index (κ2) is 10.5. The number of carbonyl (C=O) groups excluding carboxylic acids is 1. The zero-order valence-corrected chi connectivity index (χ0v) is 20.5. The molecule has 2 fully saturated rings. The summed E-state index contributed by atoms with van der Waals surface area (Å²) in [4.78, 5) is 31.1. The molecular formula is C26H28ClN3O3S. The Kier molecular flexibility index (Phi) is 7.23. The number of hydrogen-bond donors (Lipinski definition) is 1. The lowest BCUT2D eigenvalue weighted by Gasteiger charge is -2.17. The molecule has 34 heavy (non-hydrogen) atoms. The Morgan fingerprint density at radius 2 is 2.00 bits per heavy atom. The van der Waals surface area contributed by atoms with Crippen molar-refractivity contribution < 1.29 is 9.53 Å². The van der Waals surface area contributed by atoms with Crippen molar-refractivity contribution in [3.63, 3.8) is 0 Å². The van der Waals surface area contributed by atoms with E-state index >= 15 is 0 Å². The Hall–Kier alpha value is -2.35. The fourth-order valence-electron chi connectivity index (χ4n) is 4.72. The summed E-state index contributed by atoms with van der Waals surface area (Å²) in [5.41, 5.74) is 2.03. The van der Waals surface area contributed by atoms with Crippen LogP contribution in [0.25, 0.3) is 10.9 Å². The van der Waals surface area contributed by atoms with E-state index in [0.717, 1.165) is 50.7 Å². The second-order valence-electron chi connectivity index (χ2n) is 9.05. The van der Waals surface area contributed by atoms with Crippen molar-refractivity contribution in [1.29, 1.82) is 0 Å². The summed E-state index contributed by atoms with van der Waals surface area (Å²) < 4.78 is 7.53. The van der Waals surface area contributed by atoms with Gasteiger partial charge in [-0.25, -0.2) is 4.98 Å². The zero-order valence-electron chi connectivity index (χ0n) is 19.0. The number of carbonyl (C=O) groups is 1. The minimum absolute atomic E-state index is 0.0129. The van der Waals surface area contributed by atoms with Gasteiger partial charge in [-0.1, -0.05) is 48.3 Å². The van der Waals surface area contributed by atoms with Gasteiger partial charge >= 0.3 is 0 Å². The van der Waals surface area contributed by atoms with Gasteiger partial charge in [0.25, 0.3) is 11.5 Å². The van der Waals surface area contributed by atoms with E-state index < -0.39 is 0 Å². The second-order valence-corrected chi connectivity index (χ2v) is 10.4. The SMILES string of the molecule is O=C(NC1CCCC1)c1ccc2c(=O)n(CC3CCCO3)c(SCc3cccc(Cl)c3)nc2c1. The van der Waals surface area contributed by atoms with Gasteiger partial charge in [0.1, 0.15) is 0 Å². The average Bonchev–Trinajstić information content (AvgIpc) is 3.54. The van der Waals surface area contributed by atoms with Crippen molar-refractivity contribution in [2.45, 2.75) is 68.1 Å². The summed E-state index contributed by atoms with van der Waals surface area (Å²) in [5, 5.41) is 4.94. The van der Waals surface area contributed by atoms with E-state index in [9.17, 15) is 9.59 Å². The van der Waals surface area contributed by atoms with Gasteiger partial charge in [0.2, 0.25) is 0 Å². The number of nitrogens with one attached hydrogen (secondary N) is 1. The van der Waals surface area contributed by atoms with Crippen molar-refractivity contribution in [3.05, 3.63) is 69.0 Å². The first-order valence-corrected chi connectivity index (χ1v) is 13.3. The van der Waals surface area contributed by atoms with Gasteiger partial charge in [-0.05, 0) is 61.6 Å². The number of rotatable bonds is 7. The normalized spacial score (nSPS) is 18.6. The maximum Gasteiger partial charge on any atom is 0.262 e. The molecule has 1 aromatic heterocycles. The van der Waals surface area contributed by atoms with Gasteiger partial charge < -0.3 is 10.1 Å². The Bertz CT molecular complexity index is 1250. The number of halogens is 1. The third kappa shape index (κ3) is 5.32. The van der Waals surface area contributed by atoms with Crippen LogP contribution in [0.2, 0.25) is 5.02 Å². The van der Waals surface area contributed by atoms with Crippen LogP contribution in [0.15, 0.2) is 52.4 Å². The number of amides is 1. The molecule has 1 saturated carbocycles. The topological polar surface area (TPSA) is 73.2 Å². The number of thioether (sulfide) groups is 1. The zero-order chi connectivity index (χ0) is 23.5. The number of aromatic nitrogens is 2. The molecule has 0 spiro atoms. The highest BCUT2D eigenvalue weighted by Crippen LogP contribution is 2.26. The molecule has 2 aromatic carbocycles. The molecule has 1 amide bonds. The molecule has 0 bridgehead atoms. The highest BCUT2D eigenvalue weighted by atomic mass is 35.5. The summed E-state index contributed by atoms with van der Waals surface area (Å²) in [6.45, 7) is 1.20. The van der Waals surface area contributed by atoms with Gasteiger partial charge in [-0.2, -0.15) is 0 Å². The first-order valence-electron chi connectivity index (χ1n) is 11.9. The molecule has 178 valence electrons. The highest BCUT2D eigenvalue weighted by Gasteiger charge is 2.22. The monoisotopic (exact) mass is 497 g/mol. The molecular weight excluding hydrogens is 470 g/mol. The average molecular weight is 498 g/mol. The summed E-state index contributed by atoms with van der Waals surface area (Å²) in [5.74, 6) is 0.526. The summed E-state index contributed by atoms with van der Waals surface area (Å²) in [6, 6.07) is 13.1. The molecule has 2 heterocycles. The summed E-state index contributed by atoms with van der Waals surface area (Å²) in [6.07, 6.45) is 6.31. The number of ether oxygens (including phenoxy) is 1. The lowest BCUT2D eigenvalue weighted by Crippen LogP contribution is -2.32. The van der Waals surface area contributed by atoms with Crippen molar-refractivity contribution in [3.8, 4) is 0 Å². The molecule has 1 saturated heterocycles. The van der Waals surface area contributed by atoms with Crippen LogP contribution in [0.4, 0.5) is 0 Å². The molecule has 3 aromatic rings. The first kappa shape index (κ1) is 23.4. The Morgan fingerprint density at radius 3 is 2.76 bits per heavy atom. The van der Waals surface area contributed by atoms with Crippen molar-refractivity contribution in [1.82, 2.24) is 14.9 Å². The van der Waals surface area contributed by atoms with E-state index in [1.807, 2.05) is 24.3 Å². The van der Waals surface area contributed by atoms with Crippen LogP contribution in [-0.4, -0.2) is 34.2 Å². The quantitative estimate of drug-likeness (QED) is 0.359. The predicted octanol–water partition coefficient (Wildman–Crippen LogP) is 5.19. The Morgan fingerprint density at radius 1 is 1.15 bits per heavy atom. The Labute approximate surface area is 208 Å². The minimum Gasteiger partial charge on any atom is -0.376 e. The number of fused-ring (bicyclic) bond motifs is 1. The molecule has 1 aliphatic carbocycles. The third-order valence-electron chi connectivity index (χ3n) is 6.54. The van der Waals surface area contributed by atoms with E-state index in [4.69, 9.17) is 21.3 Å². The Balaban J connectivity index is 1.47. The molecule has 0 radical (unpaired) electrons. The molecule has 1 aliphatic heterocycles. The lowest BCUT2D eigenvalue weighted by molar-refractivity contribution is 0.0935. The largest absolute Gasteiger partial charge is 0.376 e. The third-order valence-corrected chi connectivity index (χ3v) is 7.82. The first-order chi connectivity index (χ1) is 16.6. The maximum absolute atomic E-state index is 13.5. The van der Waals surface area contributed by atoms with Crippen molar-refractivity contribution in [2.24, 2.45) is 0 Å². The van der Waals surface area contributed by atoms with Gasteiger partial charge in [-0.15, -0.1) is 0 Å². The molecule has 8 heteroatoms. The van der Waals surface area contributed by atoms with Crippen LogP contribution in [0.5, 0.6) is 0 Å². The van der Waals surface area contributed by atoms with E-state index in [-0.39, 0.29) is 23.6 Å². The van der Waals surface area contributed by atoms with Gasteiger partial charge in [0, 0.05) is 29.0 Å². The van der Waals surface area contributed by atoms with Crippen LogP contribution < -0.4 is 10.9 Å². The lowest BCUT2D eigenvalue weighted by atomic mass is 10.1. The smallest absolute Gasteiger partial charge is 0.262 e. The highest BCUT2D eigenvalue weighted by molar-refractivity contribution is 7.98.